The van der Waals surface area contributed by atoms with Crippen LogP contribution in [0.25, 0.3) is 0 Å². The van der Waals surface area contributed by atoms with E-state index >= 15 is 0 Å². The van der Waals surface area contributed by atoms with E-state index in [0.29, 0.717) is 32.1 Å². The number of hydrogen-bond acceptors (Lipinski definition) is 15. The first-order valence-electron chi connectivity index (χ1n) is 40.1. The molecule has 0 rings (SSSR count). The molecule has 0 heterocycles. The van der Waals surface area contributed by atoms with Gasteiger partial charge in [0, 0.05) is 25.7 Å². The first kappa shape index (κ1) is 98.9. The largest absolute Gasteiger partial charge is 0.472 e. The minimum atomic E-state index is -5.00. The molecule has 0 amide bonds. The van der Waals surface area contributed by atoms with E-state index in [0.717, 1.165) is 186 Å². The summed E-state index contributed by atoms with van der Waals surface area (Å²) in [5.74, 6) is -2.31. The van der Waals surface area contributed by atoms with Crippen molar-refractivity contribution >= 4 is 39.5 Å². The van der Waals surface area contributed by atoms with Crippen molar-refractivity contribution in [3.05, 3.63) is 146 Å². The van der Waals surface area contributed by atoms with Crippen LogP contribution >= 0.6 is 15.6 Å². The molecule has 0 saturated carbocycles. The number of ether oxygens (including phenoxy) is 4. The van der Waals surface area contributed by atoms with Crippen molar-refractivity contribution in [2.45, 2.75) is 329 Å². The standard InChI is InChI=1S/C85H142O17P2/c1-5-9-13-17-21-25-29-33-36-38-39-41-44-47-50-54-58-62-66-70-83(88)96-76-81(102-85(90)72-68-64-60-56-52-48-42-35-31-27-23-19-15-11-7-3)78-100-104(93,94)98-74-79(86)73-97-103(91,92)99-77-80(101-84(89)71-67-63-59-55-51-45-32-28-24-20-16-12-8-4)75-95-82(87)69-65-61-57-53-49-46-43-40-37-34-30-26-22-18-14-10-6-2/h9-10,13-14,16,20-22,25-26,28,32-37,39,41-42,47,50,58,62,79-81,86H,5-8,11-12,15,17-19,23-24,27,29-31,38,40,43-46,48-49,51-57,59-61,63-78H2,1-4H3,(H,91,92)(H,93,94)/b13-9-,14-10-,20-16-,25-21-,26-22-,32-28-,36-33-,37-34-,41-39-,42-35-,50-47-,62-58-. The van der Waals surface area contributed by atoms with Gasteiger partial charge in [-0.05, 0) is 148 Å². The van der Waals surface area contributed by atoms with Gasteiger partial charge < -0.3 is 33.8 Å². The third-order valence-electron chi connectivity index (χ3n) is 16.3. The van der Waals surface area contributed by atoms with Gasteiger partial charge in [-0.3, -0.25) is 37.3 Å². The average molecular weight is 1500 g/mol. The molecule has 5 unspecified atom stereocenters. The van der Waals surface area contributed by atoms with Crippen LogP contribution in [0.1, 0.15) is 310 Å². The van der Waals surface area contributed by atoms with E-state index in [1.54, 1.807) is 0 Å². The maximum Gasteiger partial charge on any atom is 0.472 e. The fourth-order valence-corrected chi connectivity index (χ4v) is 11.8. The summed E-state index contributed by atoms with van der Waals surface area (Å²) < 4.78 is 68.5. The van der Waals surface area contributed by atoms with Gasteiger partial charge >= 0.3 is 39.5 Å². The predicted octanol–water partition coefficient (Wildman–Crippen LogP) is 23.4. The number of aliphatic hydroxyl groups is 1. The molecule has 0 bridgehead atoms. The van der Waals surface area contributed by atoms with Crippen molar-refractivity contribution < 1.29 is 80.2 Å². The van der Waals surface area contributed by atoms with Gasteiger partial charge in [0.1, 0.15) is 19.3 Å². The molecule has 19 heteroatoms. The van der Waals surface area contributed by atoms with Crippen LogP contribution in [0.4, 0.5) is 0 Å². The van der Waals surface area contributed by atoms with Crippen molar-refractivity contribution in [3.8, 4) is 0 Å². The van der Waals surface area contributed by atoms with Gasteiger partial charge in [-0.2, -0.15) is 0 Å². The highest BCUT2D eigenvalue weighted by Crippen LogP contribution is 2.45. The maximum absolute atomic E-state index is 13.1. The van der Waals surface area contributed by atoms with E-state index in [2.05, 4.69) is 155 Å². The van der Waals surface area contributed by atoms with E-state index in [1.165, 1.54) is 38.5 Å². The Labute approximate surface area is 630 Å². The number of allylic oxidation sites excluding steroid dienone is 24. The normalized spacial score (nSPS) is 14.6. The topological polar surface area (TPSA) is 237 Å². The van der Waals surface area contributed by atoms with Gasteiger partial charge in [0.15, 0.2) is 12.2 Å². The van der Waals surface area contributed by atoms with Crippen molar-refractivity contribution in [2.24, 2.45) is 0 Å². The smallest absolute Gasteiger partial charge is 0.462 e. The molecule has 3 N–H and O–H groups in total. The third kappa shape index (κ3) is 75.2. The molecule has 0 saturated heterocycles. The Morgan fingerprint density at radius 3 is 0.875 bits per heavy atom. The Balaban J connectivity index is 5.43. The molecule has 104 heavy (non-hydrogen) atoms. The minimum absolute atomic E-state index is 0.0313. The van der Waals surface area contributed by atoms with Gasteiger partial charge in [0.25, 0.3) is 0 Å². The Bertz CT molecular complexity index is 2540. The van der Waals surface area contributed by atoms with Gasteiger partial charge in [-0.25, -0.2) is 9.13 Å². The molecule has 0 aliphatic heterocycles. The van der Waals surface area contributed by atoms with E-state index in [9.17, 15) is 43.2 Å². The summed E-state index contributed by atoms with van der Waals surface area (Å²) in [6.45, 7) is 4.47. The highest BCUT2D eigenvalue weighted by atomic mass is 31.2. The van der Waals surface area contributed by atoms with E-state index in [4.69, 9.17) is 37.0 Å². The monoisotopic (exact) mass is 1500 g/mol. The summed E-state index contributed by atoms with van der Waals surface area (Å²) in [7, 11) is -9.99. The molecular weight excluding hydrogens is 1350 g/mol. The number of carbonyl (C=O) groups excluding carboxylic acids is 4. The number of esters is 4. The lowest BCUT2D eigenvalue weighted by atomic mass is 10.1. The average Bonchev–Trinajstić information content (AvgIpc) is 0.911. The molecule has 0 radical (unpaired) electrons. The van der Waals surface area contributed by atoms with Crippen LogP contribution in [-0.4, -0.2) is 96.7 Å². The predicted molar refractivity (Wildman–Crippen MR) is 427 cm³/mol. The second-order valence-electron chi connectivity index (χ2n) is 26.2. The molecule has 0 spiro atoms. The zero-order valence-electron chi connectivity index (χ0n) is 64.9. The second kappa shape index (κ2) is 76.1. The van der Waals surface area contributed by atoms with Crippen LogP contribution in [0.2, 0.25) is 0 Å². The molecule has 0 aromatic carbocycles. The van der Waals surface area contributed by atoms with Crippen LogP contribution in [-0.2, 0) is 65.4 Å². The molecule has 5 atom stereocenters. The molecule has 0 aromatic heterocycles. The number of carbonyl (C=O) groups is 4. The maximum atomic E-state index is 13.1. The summed E-state index contributed by atoms with van der Waals surface area (Å²) >= 11 is 0. The number of phosphoric acid groups is 2. The quantitative estimate of drug-likeness (QED) is 0.0169. The number of unbranched alkanes of at least 4 members (excludes halogenated alkanes) is 24. The van der Waals surface area contributed by atoms with Gasteiger partial charge in [0.2, 0.25) is 0 Å². The second-order valence-corrected chi connectivity index (χ2v) is 29.1. The fourth-order valence-electron chi connectivity index (χ4n) is 10.2. The van der Waals surface area contributed by atoms with Crippen molar-refractivity contribution in [1.29, 1.82) is 0 Å². The zero-order chi connectivity index (χ0) is 76.0. The third-order valence-corrected chi connectivity index (χ3v) is 18.2. The van der Waals surface area contributed by atoms with Crippen LogP contribution in [0.15, 0.2) is 146 Å². The van der Waals surface area contributed by atoms with Gasteiger partial charge in [-0.1, -0.05) is 283 Å². The highest BCUT2D eigenvalue weighted by Gasteiger charge is 2.30. The first-order chi connectivity index (χ1) is 50.7. The summed E-state index contributed by atoms with van der Waals surface area (Å²) in [6.07, 6.45) is 87.0. The Morgan fingerprint density at radius 1 is 0.279 bits per heavy atom. The minimum Gasteiger partial charge on any atom is -0.462 e. The number of hydrogen-bond donors (Lipinski definition) is 3. The van der Waals surface area contributed by atoms with Gasteiger partial charge in [-0.15, -0.1) is 0 Å². The molecule has 0 fully saturated rings. The van der Waals surface area contributed by atoms with Crippen molar-refractivity contribution in [3.63, 3.8) is 0 Å². The van der Waals surface area contributed by atoms with Crippen LogP contribution in [0.5, 0.6) is 0 Å². The highest BCUT2D eigenvalue weighted by molar-refractivity contribution is 7.47. The lowest BCUT2D eigenvalue weighted by molar-refractivity contribution is -0.161. The van der Waals surface area contributed by atoms with E-state index in [1.807, 2.05) is 18.2 Å². The Morgan fingerprint density at radius 2 is 0.538 bits per heavy atom. The fraction of sp³-hybridized carbons (Fsp3) is 0.671. The van der Waals surface area contributed by atoms with Gasteiger partial charge in [0.05, 0.1) is 26.4 Å². The number of aliphatic hydroxyl groups excluding tert-OH is 1. The molecular formula is C85H142O17P2. The Hall–Kier alpha value is -5.06. The van der Waals surface area contributed by atoms with Crippen LogP contribution < -0.4 is 0 Å². The first-order valence-corrected chi connectivity index (χ1v) is 43.1. The summed E-state index contributed by atoms with van der Waals surface area (Å²) in [4.78, 5) is 73.0. The van der Waals surface area contributed by atoms with E-state index in [-0.39, 0.29) is 25.7 Å². The number of rotatable bonds is 74. The molecule has 0 aliphatic rings. The van der Waals surface area contributed by atoms with E-state index < -0.39 is 97.5 Å². The van der Waals surface area contributed by atoms with Crippen molar-refractivity contribution in [2.75, 3.05) is 39.6 Å². The SMILES string of the molecule is CC/C=C\C/C=C\C/C=C\C/C=C\C/C=C\C/C=C\CCC(=O)OCC(COP(=O)(O)OCC(O)COP(=O)(O)OCC(COC(=O)CCCCCCCCC/C=C\C/C=C\C/C=C\CC)OC(=O)CCCCCCC/C=C\C/C=C\CCC)OC(=O)CCCCCCC/C=C\CCCCCCCC. The van der Waals surface area contributed by atoms with Crippen LogP contribution in [0.3, 0.4) is 0 Å². The van der Waals surface area contributed by atoms with Crippen molar-refractivity contribution in [1.82, 2.24) is 0 Å². The van der Waals surface area contributed by atoms with Crippen LogP contribution in [0, 0.1) is 0 Å². The summed E-state index contributed by atoms with van der Waals surface area (Å²) in [5.41, 5.74) is 0. The molecule has 17 nitrogen and oxygen atoms in total. The molecule has 0 aromatic rings. The zero-order valence-corrected chi connectivity index (χ0v) is 66.7. The lowest BCUT2D eigenvalue weighted by Gasteiger charge is -2.21. The summed E-state index contributed by atoms with van der Waals surface area (Å²) in [5, 5.41) is 10.6. The molecule has 0 aliphatic carbocycles. The lowest BCUT2D eigenvalue weighted by Crippen LogP contribution is -2.30. The number of phosphoric ester groups is 2. The summed E-state index contributed by atoms with van der Waals surface area (Å²) in [6, 6.07) is 0. The molecule has 594 valence electrons. The Kier molecular flexibility index (Phi) is 72.4.